The number of benzene rings is 2. The Hall–Kier alpha value is -0.750. The van der Waals surface area contributed by atoms with Gasteiger partial charge in [-0.25, -0.2) is 4.39 Å². The molecule has 0 amide bonds. The molecule has 1 unspecified atom stereocenters. The molecule has 3 N–H and O–H groups in total. The molecule has 0 fully saturated rings. The predicted octanol–water partition coefficient (Wildman–Crippen LogP) is 4.41. The van der Waals surface area contributed by atoms with E-state index >= 15 is 0 Å². The molecule has 0 aliphatic carbocycles. The normalized spacial score (nSPS) is 12.4. The second kappa shape index (κ2) is 6.80. The molecule has 5 heteroatoms. The van der Waals surface area contributed by atoms with Crippen LogP contribution in [0.25, 0.3) is 0 Å². The molecule has 1 atom stereocenters. The molecule has 0 radical (unpaired) electrons. The molecule has 2 nitrogen and oxygen atoms in total. The monoisotopic (exact) mass is 400 g/mol. The van der Waals surface area contributed by atoms with Crippen molar-refractivity contribution in [3.05, 3.63) is 67.9 Å². The second-order valence-corrected chi connectivity index (χ2v) is 6.43. The van der Waals surface area contributed by atoms with Crippen LogP contribution < -0.4 is 11.3 Å². The summed E-state index contributed by atoms with van der Waals surface area (Å²) in [7, 11) is 0. The first-order valence-corrected chi connectivity index (χ1v) is 7.76. The minimum Gasteiger partial charge on any atom is -0.271 e. The van der Waals surface area contributed by atoms with E-state index in [1.807, 2.05) is 25.1 Å². The van der Waals surface area contributed by atoms with Gasteiger partial charge < -0.3 is 0 Å². The molecular weight excluding hydrogens is 387 g/mol. The van der Waals surface area contributed by atoms with Crippen molar-refractivity contribution in [2.75, 3.05) is 0 Å². The zero-order valence-electron chi connectivity index (χ0n) is 11.0. The Kier molecular flexibility index (Phi) is 5.32. The number of hydrogen-bond donors (Lipinski definition) is 2. The number of aryl methyl sites for hydroxylation is 1. The average molecular weight is 402 g/mol. The molecule has 106 valence electrons. The van der Waals surface area contributed by atoms with Gasteiger partial charge in [-0.3, -0.25) is 11.3 Å². The number of rotatable bonds is 4. The molecule has 0 saturated carbocycles. The first-order chi connectivity index (χ1) is 9.51. The van der Waals surface area contributed by atoms with Gasteiger partial charge in [0.2, 0.25) is 0 Å². The summed E-state index contributed by atoms with van der Waals surface area (Å²) >= 11 is 6.92. The minimum atomic E-state index is -0.245. The Labute approximate surface area is 134 Å². The Morgan fingerprint density at radius 3 is 2.65 bits per heavy atom. The molecule has 0 bridgehead atoms. The second-order valence-electron chi connectivity index (χ2n) is 4.66. The lowest BCUT2D eigenvalue weighted by atomic mass is 9.96. The molecule has 2 aromatic carbocycles. The number of halogens is 3. The van der Waals surface area contributed by atoms with Crippen LogP contribution in [0.4, 0.5) is 4.39 Å². The number of hydrazine groups is 1. The summed E-state index contributed by atoms with van der Waals surface area (Å²) in [6.07, 6.45) is 0.603. The summed E-state index contributed by atoms with van der Waals surface area (Å²) in [5.41, 5.74) is 5.94. The quantitative estimate of drug-likeness (QED) is 0.588. The highest BCUT2D eigenvalue weighted by Crippen LogP contribution is 2.27. The van der Waals surface area contributed by atoms with E-state index in [2.05, 4.69) is 37.3 Å². The maximum atomic E-state index is 13.4. The van der Waals surface area contributed by atoms with Crippen LogP contribution in [-0.4, -0.2) is 0 Å². The number of nitrogens with two attached hydrogens (primary N) is 1. The number of nitrogens with one attached hydrogen (secondary N) is 1. The van der Waals surface area contributed by atoms with E-state index < -0.39 is 0 Å². The molecule has 0 aliphatic rings. The molecule has 0 aliphatic heterocycles. The third kappa shape index (κ3) is 3.67. The Morgan fingerprint density at radius 2 is 1.95 bits per heavy atom. The van der Waals surface area contributed by atoms with Gasteiger partial charge in [0.15, 0.2) is 0 Å². The first kappa shape index (κ1) is 15.6. The standard InChI is InChI=1S/C15H15Br2FN2/c1-9-2-3-11(16)8-13(9)15(20-19)7-10-6-12(18)4-5-14(10)17/h2-6,8,15,20H,7,19H2,1H3. The molecule has 20 heavy (non-hydrogen) atoms. The van der Waals surface area contributed by atoms with Crippen molar-refractivity contribution < 1.29 is 4.39 Å². The molecule has 0 saturated heterocycles. The lowest BCUT2D eigenvalue weighted by Crippen LogP contribution is -2.30. The van der Waals surface area contributed by atoms with Gasteiger partial charge in [0.25, 0.3) is 0 Å². The van der Waals surface area contributed by atoms with E-state index in [0.717, 1.165) is 25.6 Å². The van der Waals surface area contributed by atoms with Gasteiger partial charge in [0, 0.05) is 8.95 Å². The molecule has 0 spiro atoms. The van der Waals surface area contributed by atoms with Crippen LogP contribution in [0.3, 0.4) is 0 Å². The average Bonchev–Trinajstić information content (AvgIpc) is 2.42. The van der Waals surface area contributed by atoms with Gasteiger partial charge in [0.1, 0.15) is 5.82 Å². The summed E-state index contributed by atoms with van der Waals surface area (Å²) in [6.45, 7) is 2.03. The largest absolute Gasteiger partial charge is 0.271 e. The predicted molar refractivity (Wildman–Crippen MR) is 86.7 cm³/mol. The highest BCUT2D eigenvalue weighted by atomic mass is 79.9. The highest BCUT2D eigenvalue weighted by molar-refractivity contribution is 9.10. The topological polar surface area (TPSA) is 38.0 Å². The Balaban J connectivity index is 2.33. The van der Waals surface area contributed by atoms with Crippen LogP contribution in [0.2, 0.25) is 0 Å². The SMILES string of the molecule is Cc1ccc(Br)cc1C(Cc1cc(F)ccc1Br)NN. The van der Waals surface area contributed by atoms with Gasteiger partial charge in [-0.05, 0) is 60.4 Å². The third-order valence-corrected chi connectivity index (χ3v) is 4.52. The van der Waals surface area contributed by atoms with Crippen molar-refractivity contribution in [1.82, 2.24) is 5.43 Å². The summed E-state index contributed by atoms with van der Waals surface area (Å²) in [5.74, 6) is 5.44. The fourth-order valence-electron chi connectivity index (χ4n) is 2.17. The Bertz CT molecular complexity index is 617. The van der Waals surface area contributed by atoms with Crippen LogP contribution in [0, 0.1) is 12.7 Å². The zero-order valence-corrected chi connectivity index (χ0v) is 14.1. The smallest absolute Gasteiger partial charge is 0.123 e. The lowest BCUT2D eigenvalue weighted by molar-refractivity contribution is 0.545. The fraction of sp³-hybridized carbons (Fsp3) is 0.200. The van der Waals surface area contributed by atoms with E-state index in [4.69, 9.17) is 5.84 Å². The van der Waals surface area contributed by atoms with E-state index in [9.17, 15) is 4.39 Å². The molecular formula is C15H15Br2FN2. The van der Waals surface area contributed by atoms with Crippen LogP contribution in [-0.2, 0) is 6.42 Å². The summed E-state index contributed by atoms with van der Waals surface area (Å²) < 4.78 is 15.2. The van der Waals surface area contributed by atoms with Crippen molar-refractivity contribution in [2.45, 2.75) is 19.4 Å². The zero-order chi connectivity index (χ0) is 14.7. The van der Waals surface area contributed by atoms with Crippen LogP contribution in [0.1, 0.15) is 22.7 Å². The summed E-state index contributed by atoms with van der Waals surface area (Å²) in [4.78, 5) is 0. The van der Waals surface area contributed by atoms with E-state index in [0.29, 0.717) is 6.42 Å². The maximum absolute atomic E-state index is 13.4. The van der Waals surface area contributed by atoms with Gasteiger partial charge in [0.05, 0.1) is 6.04 Å². The number of hydrogen-bond acceptors (Lipinski definition) is 2. The van der Waals surface area contributed by atoms with Crippen molar-refractivity contribution in [3.8, 4) is 0 Å². The molecule has 2 rings (SSSR count). The van der Waals surface area contributed by atoms with Crippen molar-refractivity contribution in [3.63, 3.8) is 0 Å². The first-order valence-electron chi connectivity index (χ1n) is 6.17. The van der Waals surface area contributed by atoms with Gasteiger partial charge in [-0.2, -0.15) is 0 Å². The molecule has 2 aromatic rings. The van der Waals surface area contributed by atoms with Crippen LogP contribution in [0.15, 0.2) is 45.3 Å². The summed E-state index contributed by atoms with van der Waals surface area (Å²) in [6, 6.07) is 10.7. The Morgan fingerprint density at radius 1 is 1.20 bits per heavy atom. The fourth-order valence-corrected chi connectivity index (χ4v) is 2.95. The minimum absolute atomic E-state index is 0.0781. The van der Waals surface area contributed by atoms with Gasteiger partial charge in [-0.15, -0.1) is 0 Å². The van der Waals surface area contributed by atoms with E-state index in [1.165, 1.54) is 12.1 Å². The van der Waals surface area contributed by atoms with E-state index in [-0.39, 0.29) is 11.9 Å². The molecule has 0 aromatic heterocycles. The van der Waals surface area contributed by atoms with Crippen LogP contribution >= 0.6 is 31.9 Å². The third-order valence-electron chi connectivity index (χ3n) is 3.25. The van der Waals surface area contributed by atoms with Crippen molar-refractivity contribution in [1.29, 1.82) is 0 Å². The van der Waals surface area contributed by atoms with Crippen molar-refractivity contribution >= 4 is 31.9 Å². The van der Waals surface area contributed by atoms with Crippen molar-refractivity contribution in [2.24, 2.45) is 5.84 Å². The lowest BCUT2D eigenvalue weighted by Gasteiger charge is -2.20. The maximum Gasteiger partial charge on any atom is 0.123 e. The van der Waals surface area contributed by atoms with Gasteiger partial charge >= 0.3 is 0 Å². The van der Waals surface area contributed by atoms with Gasteiger partial charge in [-0.1, -0.05) is 37.9 Å². The highest BCUT2D eigenvalue weighted by Gasteiger charge is 2.15. The summed E-state index contributed by atoms with van der Waals surface area (Å²) in [5, 5.41) is 0. The van der Waals surface area contributed by atoms with E-state index in [1.54, 1.807) is 6.07 Å². The molecule has 0 heterocycles. The van der Waals surface area contributed by atoms with Crippen LogP contribution in [0.5, 0.6) is 0 Å².